The molecule has 3 aromatic rings. The molecule has 2 N–H and O–H groups in total. The SMILES string of the molecule is N#Cc1ccccc1Nc1nncc(NCCc2ccc(Cl)cc2)n1. The summed E-state index contributed by atoms with van der Waals surface area (Å²) in [5, 5.41) is 24.0. The summed E-state index contributed by atoms with van der Waals surface area (Å²) in [5.74, 6) is 0.945. The Kier molecular flexibility index (Phi) is 5.39. The molecule has 0 aliphatic carbocycles. The van der Waals surface area contributed by atoms with Crippen LogP contribution in [0.1, 0.15) is 11.1 Å². The van der Waals surface area contributed by atoms with Crippen LogP contribution in [0.5, 0.6) is 0 Å². The van der Waals surface area contributed by atoms with E-state index in [1.807, 2.05) is 30.3 Å². The van der Waals surface area contributed by atoms with Crippen molar-refractivity contribution in [3.05, 3.63) is 70.9 Å². The zero-order valence-electron chi connectivity index (χ0n) is 13.3. The van der Waals surface area contributed by atoms with Gasteiger partial charge in [0.25, 0.3) is 0 Å². The molecule has 2 aromatic carbocycles. The first-order valence-electron chi connectivity index (χ1n) is 7.69. The molecule has 0 fully saturated rings. The third-order valence-corrected chi connectivity index (χ3v) is 3.74. The van der Waals surface area contributed by atoms with Crippen molar-refractivity contribution >= 4 is 29.1 Å². The van der Waals surface area contributed by atoms with Crippen LogP contribution in [0.15, 0.2) is 54.7 Å². The Bertz CT molecular complexity index is 889. The normalized spacial score (nSPS) is 10.1. The topological polar surface area (TPSA) is 86.5 Å². The van der Waals surface area contributed by atoms with Gasteiger partial charge in [-0.25, -0.2) is 0 Å². The van der Waals surface area contributed by atoms with Crippen molar-refractivity contribution in [2.45, 2.75) is 6.42 Å². The number of nitriles is 1. The predicted molar refractivity (Wildman–Crippen MR) is 97.9 cm³/mol. The van der Waals surface area contributed by atoms with Crippen molar-refractivity contribution in [2.24, 2.45) is 0 Å². The molecule has 1 heterocycles. The molecule has 0 bridgehead atoms. The van der Waals surface area contributed by atoms with Crippen molar-refractivity contribution in [1.29, 1.82) is 5.26 Å². The zero-order chi connectivity index (χ0) is 17.5. The van der Waals surface area contributed by atoms with Crippen LogP contribution in [0.4, 0.5) is 17.5 Å². The Hall–Kier alpha value is -3.17. The third-order valence-electron chi connectivity index (χ3n) is 3.49. The summed E-state index contributed by atoms with van der Waals surface area (Å²) in [4.78, 5) is 4.36. The zero-order valence-corrected chi connectivity index (χ0v) is 14.0. The van der Waals surface area contributed by atoms with E-state index in [4.69, 9.17) is 16.9 Å². The molecule has 0 aliphatic heterocycles. The Balaban J connectivity index is 1.61. The standard InChI is InChI=1S/C18H15ClN6/c19-15-7-5-13(6-8-15)9-10-21-17-12-22-25-18(24-17)23-16-4-2-1-3-14(16)11-20/h1-8,12H,9-10H2,(H2,21,23,24,25). The van der Waals surface area contributed by atoms with E-state index < -0.39 is 0 Å². The predicted octanol–water partition coefficient (Wildman–Crippen LogP) is 3.79. The Morgan fingerprint density at radius 1 is 1.08 bits per heavy atom. The lowest BCUT2D eigenvalue weighted by Crippen LogP contribution is -2.09. The molecule has 0 saturated heterocycles. The van der Waals surface area contributed by atoms with Gasteiger partial charge in [0.15, 0.2) is 5.82 Å². The van der Waals surface area contributed by atoms with Crippen LogP contribution in [-0.2, 0) is 6.42 Å². The molecule has 0 radical (unpaired) electrons. The molecule has 0 unspecified atom stereocenters. The minimum absolute atomic E-state index is 0.333. The van der Waals surface area contributed by atoms with E-state index in [0.29, 0.717) is 29.6 Å². The summed E-state index contributed by atoms with van der Waals surface area (Å²) in [6.07, 6.45) is 2.39. The van der Waals surface area contributed by atoms with Crippen molar-refractivity contribution < 1.29 is 0 Å². The largest absolute Gasteiger partial charge is 0.368 e. The number of nitrogens with one attached hydrogen (secondary N) is 2. The number of aromatic nitrogens is 3. The lowest BCUT2D eigenvalue weighted by Gasteiger charge is -2.08. The van der Waals surface area contributed by atoms with Gasteiger partial charge in [-0.3, -0.25) is 0 Å². The van der Waals surface area contributed by atoms with Gasteiger partial charge < -0.3 is 10.6 Å². The second kappa shape index (κ2) is 8.08. The minimum atomic E-state index is 0.333. The molecule has 124 valence electrons. The maximum atomic E-state index is 9.13. The van der Waals surface area contributed by atoms with Crippen LogP contribution in [0.2, 0.25) is 5.02 Å². The van der Waals surface area contributed by atoms with Gasteiger partial charge in [0.05, 0.1) is 17.4 Å². The first-order valence-corrected chi connectivity index (χ1v) is 8.06. The molecule has 7 heteroatoms. The third kappa shape index (κ3) is 4.66. The summed E-state index contributed by atoms with van der Waals surface area (Å²) in [6.45, 7) is 0.703. The molecule has 1 aromatic heterocycles. The summed E-state index contributed by atoms with van der Waals surface area (Å²) in [6, 6.07) is 17.0. The quantitative estimate of drug-likeness (QED) is 0.703. The van der Waals surface area contributed by atoms with Crippen molar-refractivity contribution in [2.75, 3.05) is 17.2 Å². The molecule has 0 spiro atoms. The smallest absolute Gasteiger partial charge is 0.249 e. The van der Waals surface area contributed by atoms with Crippen LogP contribution in [0, 0.1) is 11.3 Å². The van der Waals surface area contributed by atoms with Crippen LogP contribution in [0.25, 0.3) is 0 Å². The Morgan fingerprint density at radius 3 is 2.68 bits per heavy atom. The summed E-state index contributed by atoms with van der Waals surface area (Å²) >= 11 is 5.88. The van der Waals surface area contributed by atoms with Crippen LogP contribution >= 0.6 is 11.6 Å². The first kappa shape index (κ1) is 16.7. The van der Waals surface area contributed by atoms with Crippen molar-refractivity contribution in [1.82, 2.24) is 15.2 Å². The van der Waals surface area contributed by atoms with E-state index in [1.165, 1.54) is 5.56 Å². The van der Waals surface area contributed by atoms with E-state index in [9.17, 15) is 0 Å². The van der Waals surface area contributed by atoms with Gasteiger partial charge in [-0.05, 0) is 36.2 Å². The van der Waals surface area contributed by atoms with E-state index in [0.717, 1.165) is 11.4 Å². The summed E-state index contributed by atoms with van der Waals surface area (Å²) < 4.78 is 0. The number of hydrogen-bond acceptors (Lipinski definition) is 6. The fourth-order valence-electron chi connectivity index (χ4n) is 2.24. The second-order valence-electron chi connectivity index (χ2n) is 5.25. The highest BCUT2D eigenvalue weighted by molar-refractivity contribution is 6.30. The lowest BCUT2D eigenvalue weighted by molar-refractivity contribution is 0.950. The molecule has 0 amide bonds. The van der Waals surface area contributed by atoms with Gasteiger partial charge in [-0.1, -0.05) is 35.9 Å². The van der Waals surface area contributed by atoms with Crippen molar-refractivity contribution in [3.8, 4) is 6.07 Å². The van der Waals surface area contributed by atoms with Gasteiger partial charge in [0.1, 0.15) is 6.07 Å². The molecule has 25 heavy (non-hydrogen) atoms. The molecular formula is C18H15ClN6. The molecule has 6 nitrogen and oxygen atoms in total. The average molecular weight is 351 g/mol. The van der Waals surface area contributed by atoms with E-state index in [-0.39, 0.29) is 0 Å². The molecule has 3 rings (SSSR count). The second-order valence-corrected chi connectivity index (χ2v) is 5.69. The summed E-state index contributed by atoms with van der Waals surface area (Å²) in [5.41, 5.74) is 2.34. The van der Waals surface area contributed by atoms with Gasteiger partial charge >= 0.3 is 0 Å². The first-order chi connectivity index (χ1) is 12.2. The highest BCUT2D eigenvalue weighted by Crippen LogP contribution is 2.18. The van der Waals surface area contributed by atoms with Crippen LogP contribution in [0.3, 0.4) is 0 Å². The fourth-order valence-corrected chi connectivity index (χ4v) is 2.36. The maximum absolute atomic E-state index is 9.13. The molecule has 0 atom stereocenters. The molecular weight excluding hydrogens is 336 g/mol. The molecule has 0 saturated carbocycles. The van der Waals surface area contributed by atoms with Gasteiger partial charge in [0, 0.05) is 11.6 Å². The Labute approximate surface area is 150 Å². The number of rotatable bonds is 6. The van der Waals surface area contributed by atoms with Crippen molar-refractivity contribution in [3.63, 3.8) is 0 Å². The number of benzene rings is 2. The van der Waals surface area contributed by atoms with Crippen LogP contribution in [-0.4, -0.2) is 21.7 Å². The average Bonchev–Trinajstić information content (AvgIpc) is 2.64. The van der Waals surface area contributed by atoms with Gasteiger partial charge in [0.2, 0.25) is 5.95 Å². The molecule has 0 aliphatic rings. The van der Waals surface area contributed by atoms with E-state index in [1.54, 1.807) is 24.4 Å². The highest BCUT2D eigenvalue weighted by Gasteiger charge is 2.05. The monoisotopic (exact) mass is 350 g/mol. The number of anilines is 3. The number of halogens is 1. The number of hydrogen-bond donors (Lipinski definition) is 2. The van der Waals surface area contributed by atoms with Gasteiger partial charge in [-0.15, -0.1) is 5.10 Å². The van der Waals surface area contributed by atoms with E-state index >= 15 is 0 Å². The maximum Gasteiger partial charge on any atom is 0.249 e. The van der Waals surface area contributed by atoms with E-state index in [2.05, 4.69) is 31.9 Å². The highest BCUT2D eigenvalue weighted by atomic mass is 35.5. The van der Waals surface area contributed by atoms with Crippen LogP contribution < -0.4 is 10.6 Å². The summed E-state index contributed by atoms with van der Waals surface area (Å²) in [7, 11) is 0. The minimum Gasteiger partial charge on any atom is -0.368 e. The Morgan fingerprint density at radius 2 is 1.88 bits per heavy atom. The number of para-hydroxylation sites is 1. The number of nitrogens with zero attached hydrogens (tertiary/aromatic N) is 4. The lowest BCUT2D eigenvalue weighted by atomic mass is 10.1. The fraction of sp³-hybridized carbons (Fsp3) is 0.111. The van der Waals surface area contributed by atoms with Gasteiger partial charge in [-0.2, -0.15) is 15.3 Å².